The van der Waals surface area contributed by atoms with Gasteiger partial charge in [0.2, 0.25) is 0 Å². The number of halogens is 2. The molecule has 4 aromatic rings. The standard InChI is InChI=1S/C22H20F2N4O/c1-26-18-6-3-13(7-19(18)27(2)22(26)29)11-28-12-25-20(14-4-5-14)21(28)15-8-16(23)10-17(24)9-15/h3,6-10,12,14H,4-5,11H2,1-2H3. The Labute approximate surface area is 165 Å². The number of aromatic nitrogens is 4. The van der Waals surface area contributed by atoms with Crippen LogP contribution >= 0.6 is 0 Å². The summed E-state index contributed by atoms with van der Waals surface area (Å²) >= 11 is 0. The van der Waals surface area contributed by atoms with Crippen molar-refractivity contribution in [2.24, 2.45) is 14.1 Å². The predicted octanol–water partition coefficient (Wildman–Crippen LogP) is 3.94. The Hall–Kier alpha value is -3.22. The number of imidazole rings is 2. The summed E-state index contributed by atoms with van der Waals surface area (Å²) in [5, 5.41) is 0. The van der Waals surface area contributed by atoms with Crippen molar-refractivity contribution in [1.82, 2.24) is 18.7 Å². The van der Waals surface area contributed by atoms with Crippen LogP contribution in [0.15, 0.2) is 47.5 Å². The third-order valence-corrected chi connectivity index (χ3v) is 5.66. The highest BCUT2D eigenvalue weighted by Gasteiger charge is 2.30. The lowest BCUT2D eigenvalue weighted by molar-refractivity contribution is 0.583. The highest BCUT2D eigenvalue weighted by Crippen LogP contribution is 2.44. The largest absolute Gasteiger partial charge is 0.328 e. The van der Waals surface area contributed by atoms with Gasteiger partial charge in [-0.15, -0.1) is 0 Å². The van der Waals surface area contributed by atoms with Gasteiger partial charge in [0.1, 0.15) is 11.6 Å². The van der Waals surface area contributed by atoms with Gasteiger partial charge in [0.15, 0.2) is 0 Å². The summed E-state index contributed by atoms with van der Waals surface area (Å²) in [4.78, 5) is 16.8. The van der Waals surface area contributed by atoms with Crippen LogP contribution in [-0.4, -0.2) is 18.7 Å². The van der Waals surface area contributed by atoms with Crippen LogP contribution in [0.2, 0.25) is 0 Å². The Morgan fingerprint density at radius 3 is 2.38 bits per heavy atom. The zero-order chi connectivity index (χ0) is 20.3. The molecule has 0 atom stereocenters. The maximum atomic E-state index is 13.9. The van der Waals surface area contributed by atoms with Crippen LogP contribution in [0.1, 0.15) is 30.0 Å². The molecule has 148 valence electrons. The van der Waals surface area contributed by atoms with Crippen molar-refractivity contribution in [1.29, 1.82) is 0 Å². The molecule has 5 rings (SSSR count). The first-order chi connectivity index (χ1) is 13.9. The summed E-state index contributed by atoms with van der Waals surface area (Å²) in [6.45, 7) is 0.492. The molecule has 29 heavy (non-hydrogen) atoms. The van der Waals surface area contributed by atoms with E-state index >= 15 is 0 Å². The van der Waals surface area contributed by atoms with Gasteiger partial charge >= 0.3 is 5.69 Å². The third kappa shape index (κ3) is 2.97. The van der Waals surface area contributed by atoms with Crippen LogP contribution in [0, 0.1) is 11.6 Å². The van der Waals surface area contributed by atoms with Crippen LogP contribution < -0.4 is 5.69 Å². The number of nitrogens with zero attached hydrogens (tertiary/aromatic N) is 4. The quantitative estimate of drug-likeness (QED) is 0.526. The molecule has 2 heterocycles. The van der Waals surface area contributed by atoms with Gasteiger partial charge in [-0.2, -0.15) is 0 Å². The summed E-state index contributed by atoms with van der Waals surface area (Å²) in [6, 6.07) is 9.45. The summed E-state index contributed by atoms with van der Waals surface area (Å²) in [5.74, 6) is -0.861. The number of benzene rings is 2. The van der Waals surface area contributed by atoms with E-state index in [4.69, 9.17) is 0 Å². The molecule has 7 heteroatoms. The molecule has 0 amide bonds. The summed E-state index contributed by atoms with van der Waals surface area (Å²) in [7, 11) is 3.50. The van der Waals surface area contributed by atoms with Crippen molar-refractivity contribution in [3.63, 3.8) is 0 Å². The first kappa shape index (κ1) is 17.8. The zero-order valence-electron chi connectivity index (χ0n) is 16.2. The van der Waals surface area contributed by atoms with Gasteiger partial charge in [-0.25, -0.2) is 18.6 Å². The van der Waals surface area contributed by atoms with Crippen LogP contribution in [-0.2, 0) is 20.6 Å². The lowest BCUT2D eigenvalue weighted by atomic mass is 10.1. The van der Waals surface area contributed by atoms with Crippen LogP contribution in [0.25, 0.3) is 22.3 Å². The highest BCUT2D eigenvalue weighted by molar-refractivity contribution is 5.77. The van der Waals surface area contributed by atoms with Crippen molar-refractivity contribution >= 4 is 11.0 Å². The molecule has 2 aromatic carbocycles. The van der Waals surface area contributed by atoms with Crippen LogP contribution in [0.4, 0.5) is 8.78 Å². The Bertz CT molecular complexity index is 1290. The Morgan fingerprint density at radius 1 is 1.00 bits per heavy atom. The van der Waals surface area contributed by atoms with Crippen LogP contribution in [0.3, 0.4) is 0 Å². The fraction of sp³-hybridized carbons (Fsp3) is 0.273. The Balaban J connectivity index is 1.61. The molecule has 1 saturated carbocycles. The van der Waals surface area contributed by atoms with Crippen molar-refractivity contribution in [2.45, 2.75) is 25.3 Å². The first-order valence-electron chi connectivity index (χ1n) is 9.58. The van der Waals surface area contributed by atoms with Gasteiger partial charge in [-0.05, 0) is 42.7 Å². The monoisotopic (exact) mass is 394 g/mol. The summed E-state index contributed by atoms with van der Waals surface area (Å²) < 4.78 is 32.9. The third-order valence-electron chi connectivity index (χ3n) is 5.66. The molecule has 0 saturated heterocycles. The molecule has 0 N–H and O–H groups in total. The molecule has 0 aliphatic heterocycles. The Kier molecular flexibility index (Phi) is 3.94. The minimum atomic E-state index is -0.602. The highest BCUT2D eigenvalue weighted by atomic mass is 19.1. The lowest BCUT2D eigenvalue weighted by Crippen LogP contribution is -2.19. The SMILES string of the molecule is Cn1c(=O)n(C)c2cc(Cn3cnc(C4CC4)c3-c3cc(F)cc(F)c3)ccc21. The second-order valence-electron chi connectivity index (χ2n) is 7.76. The minimum Gasteiger partial charge on any atom is -0.326 e. The number of hydrogen-bond donors (Lipinski definition) is 0. The van der Waals surface area contributed by atoms with E-state index in [0.717, 1.165) is 46.9 Å². The van der Waals surface area contributed by atoms with Crippen LogP contribution in [0.5, 0.6) is 0 Å². The van der Waals surface area contributed by atoms with Crippen molar-refractivity contribution in [2.75, 3.05) is 0 Å². The first-order valence-corrected chi connectivity index (χ1v) is 9.58. The van der Waals surface area contributed by atoms with E-state index < -0.39 is 11.6 Å². The molecule has 1 aliphatic carbocycles. The molecule has 0 bridgehead atoms. The topological polar surface area (TPSA) is 44.8 Å². The van der Waals surface area contributed by atoms with Crippen molar-refractivity contribution in [3.8, 4) is 11.3 Å². The van der Waals surface area contributed by atoms with Gasteiger partial charge in [0.05, 0.1) is 28.7 Å². The molecular weight excluding hydrogens is 374 g/mol. The minimum absolute atomic E-state index is 0.0771. The number of fused-ring (bicyclic) bond motifs is 1. The predicted molar refractivity (Wildman–Crippen MR) is 107 cm³/mol. The van der Waals surface area contributed by atoms with Gasteiger partial charge < -0.3 is 4.57 Å². The van der Waals surface area contributed by atoms with Gasteiger partial charge in [0, 0.05) is 38.2 Å². The van der Waals surface area contributed by atoms with Gasteiger partial charge in [0.25, 0.3) is 0 Å². The fourth-order valence-electron chi connectivity index (χ4n) is 4.02. The zero-order valence-corrected chi connectivity index (χ0v) is 16.2. The number of rotatable bonds is 4. The molecule has 1 fully saturated rings. The second-order valence-corrected chi connectivity index (χ2v) is 7.76. The molecule has 5 nitrogen and oxygen atoms in total. The Morgan fingerprint density at radius 2 is 1.69 bits per heavy atom. The number of hydrogen-bond acceptors (Lipinski definition) is 2. The van der Waals surface area contributed by atoms with E-state index in [0.29, 0.717) is 18.0 Å². The molecule has 2 aromatic heterocycles. The average Bonchev–Trinajstić information content (AvgIpc) is 3.41. The van der Waals surface area contributed by atoms with Gasteiger partial charge in [-0.3, -0.25) is 9.13 Å². The smallest absolute Gasteiger partial charge is 0.326 e. The maximum Gasteiger partial charge on any atom is 0.328 e. The fourth-order valence-corrected chi connectivity index (χ4v) is 4.02. The van der Waals surface area contributed by atoms with E-state index in [9.17, 15) is 13.6 Å². The second kappa shape index (κ2) is 6.40. The van der Waals surface area contributed by atoms with E-state index in [2.05, 4.69) is 4.98 Å². The van der Waals surface area contributed by atoms with Crippen molar-refractivity contribution < 1.29 is 8.78 Å². The van der Waals surface area contributed by atoms with Crippen molar-refractivity contribution in [3.05, 3.63) is 76.1 Å². The summed E-state index contributed by atoms with van der Waals surface area (Å²) in [6.07, 6.45) is 3.82. The molecular formula is C22H20F2N4O. The molecule has 0 radical (unpaired) electrons. The molecule has 0 unspecified atom stereocenters. The van der Waals surface area contributed by atoms with Gasteiger partial charge in [-0.1, -0.05) is 6.07 Å². The normalized spacial score (nSPS) is 14.1. The molecule has 1 aliphatic rings. The lowest BCUT2D eigenvalue weighted by Gasteiger charge is -2.11. The van der Waals surface area contributed by atoms with E-state index in [1.165, 1.54) is 12.1 Å². The van der Waals surface area contributed by atoms with E-state index in [1.54, 1.807) is 29.6 Å². The molecule has 0 spiro atoms. The number of aryl methyl sites for hydroxylation is 2. The average molecular weight is 394 g/mol. The van der Waals surface area contributed by atoms with E-state index in [1.807, 2.05) is 22.8 Å². The maximum absolute atomic E-state index is 13.9. The van der Waals surface area contributed by atoms with E-state index in [-0.39, 0.29) is 5.69 Å². The summed E-state index contributed by atoms with van der Waals surface area (Å²) in [5.41, 5.74) is 4.75.